The number of amides is 1. The highest BCUT2D eigenvalue weighted by atomic mass is 16.2. The van der Waals surface area contributed by atoms with Crippen LogP contribution in [0.25, 0.3) is 0 Å². The summed E-state index contributed by atoms with van der Waals surface area (Å²) >= 11 is 0. The molecule has 0 spiro atoms. The molecule has 0 aliphatic carbocycles. The second kappa shape index (κ2) is 3.35. The van der Waals surface area contributed by atoms with Crippen molar-refractivity contribution < 1.29 is 4.79 Å². The van der Waals surface area contributed by atoms with E-state index in [1.807, 2.05) is 26.1 Å². The predicted molar refractivity (Wildman–Crippen MR) is 41.2 cm³/mol. The van der Waals surface area contributed by atoms with Gasteiger partial charge >= 0.3 is 0 Å². The van der Waals surface area contributed by atoms with Gasteiger partial charge < -0.3 is 5.73 Å². The molecule has 0 heterocycles. The monoisotopic (exact) mass is 155 g/mol. The van der Waals surface area contributed by atoms with Crippen LogP contribution in [0.5, 0.6) is 0 Å². The fraction of sp³-hybridized carbons (Fsp3) is 0.714. The number of nitrogens with two attached hydrogens (primary N) is 1. The van der Waals surface area contributed by atoms with Crippen LogP contribution >= 0.6 is 0 Å². The highest BCUT2D eigenvalue weighted by Crippen LogP contribution is 2.16. The zero-order valence-corrected chi connectivity index (χ0v) is 7.01. The van der Waals surface area contributed by atoms with E-state index < -0.39 is 11.9 Å². The molecule has 0 aromatic carbocycles. The van der Waals surface area contributed by atoms with Crippen molar-refractivity contribution in [3.8, 4) is 6.19 Å². The molecule has 0 saturated carbocycles. The predicted octanol–water partition coefficient (Wildman–Crippen LogP) is -0.0429. The number of rotatable bonds is 1. The molecule has 1 amide bonds. The van der Waals surface area contributed by atoms with Crippen molar-refractivity contribution in [3.63, 3.8) is 0 Å². The first-order valence-electron chi connectivity index (χ1n) is 3.34. The van der Waals surface area contributed by atoms with Crippen molar-refractivity contribution in [1.82, 2.24) is 5.32 Å². The normalized spacial score (nSPS) is 13.4. The molecule has 11 heavy (non-hydrogen) atoms. The van der Waals surface area contributed by atoms with Crippen LogP contribution in [0.15, 0.2) is 0 Å². The zero-order chi connectivity index (χ0) is 9.07. The van der Waals surface area contributed by atoms with E-state index in [0.717, 1.165) is 0 Å². The van der Waals surface area contributed by atoms with Crippen LogP contribution in [0.4, 0.5) is 0 Å². The van der Waals surface area contributed by atoms with E-state index in [0.29, 0.717) is 0 Å². The van der Waals surface area contributed by atoms with Gasteiger partial charge in [0.05, 0.1) is 6.04 Å². The molecule has 3 N–H and O–H groups in total. The van der Waals surface area contributed by atoms with Gasteiger partial charge in [0, 0.05) is 0 Å². The average molecular weight is 155 g/mol. The Balaban J connectivity index is 4.17. The van der Waals surface area contributed by atoms with Gasteiger partial charge in [-0.15, -0.1) is 0 Å². The standard InChI is InChI=1S/C7H13N3O/c1-7(2,3)5(9)6(11)10-4-8/h5H,9H2,1-3H3,(H,10,11)/t5-/m1/s1. The lowest BCUT2D eigenvalue weighted by atomic mass is 9.87. The van der Waals surface area contributed by atoms with Gasteiger partial charge in [0.15, 0.2) is 6.19 Å². The topological polar surface area (TPSA) is 78.9 Å². The summed E-state index contributed by atoms with van der Waals surface area (Å²) in [6, 6.07) is -0.637. The van der Waals surface area contributed by atoms with Crippen molar-refractivity contribution in [2.45, 2.75) is 26.8 Å². The summed E-state index contributed by atoms with van der Waals surface area (Å²) < 4.78 is 0. The molecule has 4 heteroatoms. The van der Waals surface area contributed by atoms with E-state index in [1.165, 1.54) is 0 Å². The molecule has 62 valence electrons. The summed E-state index contributed by atoms with van der Waals surface area (Å²) in [5.74, 6) is -0.431. The molecule has 0 fully saturated rings. The Morgan fingerprint density at radius 3 is 2.36 bits per heavy atom. The van der Waals surface area contributed by atoms with Crippen LogP contribution < -0.4 is 11.1 Å². The Labute approximate surface area is 66.4 Å². The molecule has 1 atom stereocenters. The van der Waals surface area contributed by atoms with Gasteiger partial charge in [-0.3, -0.25) is 10.1 Å². The van der Waals surface area contributed by atoms with E-state index in [2.05, 4.69) is 0 Å². The van der Waals surface area contributed by atoms with Gasteiger partial charge in [-0.1, -0.05) is 20.8 Å². The Bertz CT molecular complexity index is 187. The van der Waals surface area contributed by atoms with Crippen molar-refractivity contribution in [2.24, 2.45) is 11.1 Å². The van der Waals surface area contributed by atoms with Crippen LogP contribution in [-0.2, 0) is 4.79 Å². The van der Waals surface area contributed by atoms with Gasteiger partial charge in [-0.05, 0) is 5.41 Å². The molecule has 0 aromatic heterocycles. The lowest BCUT2D eigenvalue weighted by molar-refractivity contribution is -0.123. The van der Waals surface area contributed by atoms with Crippen molar-refractivity contribution in [1.29, 1.82) is 5.26 Å². The van der Waals surface area contributed by atoms with E-state index in [4.69, 9.17) is 11.0 Å². The maximum absolute atomic E-state index is 10.9. The third kappa shape index (κ3) is 3.01. The fourth-order valence-corrected chi connectivity index (χ4v) is 0.526. The number of nitriles is 1. The van der Waals surface area contributed by atoms with Gasteiger partial charge in [0.2, 0.25) is 5.91 Å². The van der Waals surface area contributed by atoms with Gasteiger partial charge in [0.25, 0.3) is 0 Å². The molecule has 0 aromatic rings. The second-order valence-electron chi connectivity index (χ2n) is 3.44. The lowest BCUT2D eigenvalue weighted by Gasteiger charge is -2.24. The van der Waals surface area contributed by atoms with Crippen LogP contribution in [0.3, 0.4) is 0 Å². The first-order valence-corrected chi connectivity index (χ1v) is 3.34. The number of carbonyl (C=O) groups is 1. The molecule has 0 unspecified atom stereocenters. The first-order chi connectivity index (χ1) is 4.89. The van der Waals surface area contributed by atoms with Crippen molar-refractivity contribution in [2.75, 3.05) is 0 Å². The van der Waals surface area contributed by atoms with Gasteiger partial charge in [-0.25, -0.2) is 0 Å². The van der Waals surface area contributed by atoms with Gasteiger partial charge in [-0.2, -0.15) is 5.26 Å². The molecule has 0 bridgehead atoms. The third-order valence-electron chi connectivity index (χ3n) is 1.39. The third-order valence-corrected chi connectivity index (χ3v) is 1.39. The van der Waals surface area contributed by atoms with E-state index in [-0.39, 0.29) is 5.41 Å². The molecule has 0 saturated heterocycles. The highest BCUT2D eigenvalue weighted by Gasteiger charge is 2.26. The maximum atomic E-state index is 10.9. The Morgan fingerprint density at radius 1 is 1.64 bits per heavy atom. The minimum absolute atomic E-state index is 0.305. The molecule has 0 aliphatic heterocycles. The fourth-order valence-electron chi connectivity index (χ4n) is 0.526. The molecular weight excluding hydrogens is 142 g/mol. The second-order valence-corrected chi connectivity index (χ2v) is 3.44. The Hall–Kier alpha value is -1.08. The van der Waals surface area contributed by atoms with Crippen molar-refractivity contribution >= 4 is 5.91 Å². The minimum atomic E-state index is -0.637. The SMILES string of the molecule is CC(C)(C)[C@H](N)C(=O)NC#N. The summed E-state index contributed by atoms with van der Waals surface area (Å²) in [6.07, 6.45) is 1.54. The quantitative estimate of drug-likeness (QED) is 0.412. The smallest absolute Gasteiger partial charge is 0.250 e. The summed E-state index contributed by atoms with van der Waals surface area (Å²) in [7, 11) is 0. The Morgan fingerprint density at radius 2 is 2.09 bits per heavy atom. The molecule has 0 radical (unpaired) electrons. The van der Waals surface area contributed by atoms with E-state index >= 15 is 0 Å². The lowest BCUT2D eigenvalue weighted by Crippen LogP contribution is -2.47. The van der Waals surface area contributed by atoms with E-state index in [1.54, 1.807) is 6.19 Å². The number of carbonyl (C=O) groups excluding carboxylic acids is 1. The average Bonchev–Trinajstić information content (AvgIpc) is 1.85. The number of hydrogen-bond donors (Lipinski definition) is 2. The number of hydrogen-bond acceptors (Lipinski definition) is 3. The summed E-state index contributed by atoms with van der Waals surface area (Å²) in [6.45, 7) is 5.53. The van der Waals surface area contributed by atoms with Crippen LogP contribution in [0.1, 0.15) is 20.8 Å². The molecule has 4 nitrogen and oxygen atoms in total. The van der Waals surface area contributed by atoms with Crippen LogP contribution in [0, 0.1) is 16.9 Å². The summed E-state index contributed by atoms with van der Waals surface area (Å²) in [4.78, 5) is 10.9. The highest BCUT2D eigenvalue weighted by molar-refractivity contribution is 5.83. The Kier molecular flexibility index (Phi) is 3.02. The number of nitrogens with one attached hydrogen (secondary N) is 1. The zero-order valence-electron chi connectivity index (χ0n) is 7.01. The first kappa shape index (κ1) is 9.92. The minimum Gasteiger partial charge on any atom is -0.319 e. The largest absolute Gasteiger partial charge is 0.319 e. The summed E-state index contributed by atoms with van der Waals surface area (Å²) in [5, 5.41) is 10.1. The molecule has 0 rings (SSSR count). The molecule has 0 aliphatic rings. The van der Waals surface area contributed by atoms with Crippen molar-refractivity contribution in [3.05, 3.63) is 0 Å². The molecular formula is C7H13N3O. The number of nitrogens with zero attached hydrogens (tertiary/aromatic N) is 1. The van der Waals surface area contributed by atoms with Gasteiger partial charge in [0.1, 0.15) is 0 Å². The van der Waals surface area contributed by atoms with Crippen LogP contribution in [-0.4, -0.2) is 11.9 Å². The maximum Gasteiger partial charge on any atom is 0.250 e. The van der Waals surface area contributed by atoms with Crippen LogP contribution in [0.2, 0.25) is 0 Å². The summed E-state index contributed by atoms with van der Waals surface area (Å²) in [5.41, 5.74) is 5.21. The van der Waals surface area contributed by atoms with E-state index in [9.17, 15) is 4.79 Å².